The number of anilines is 3. The summed E-state index contributed by atoms with van der Waals surface area (Å²) >= 11 is 6.14. The van der Waals surface area contributed by atoms with Gasteiger partial charge >= 0.3 is 6.18 Å². The molecule has 1 spiro atoms. The second kappa shape index (κ2) is 13.0. The Labute approximate surface area is 295 Å². The normalized spacial score (nSPS) is 17.0. The van der Waals surface area contributed by atoms with E-state index >= 15 is 0 Å². The van der Waals surface area contributed by atoms with Crippen LogP contribution >= 0.6 is 11.6 Å². The molecule has 2 aliphatic heterocycles. The number of fused-ring (bicyclic) bond motifs is 1. The third-order valence-corrected chi connectivity index (χ3v) is 10.3. The van der Waals surface area contributed by atoms with Crippen LogP contribution in [0.4, 0.5) is 30.4 Å². The molecule has 2 amide bonds. The van der Waals surface area contributed by atoms with Crippen LogP contribution in [0.2, 0.25) is 5.02 Å². The molecule has 1 aliphatic carbocycles. The minimum Gasteiger partial charge on any atom is -0.504 e. The van der Waals surface area contributed by atoms with Crippen molar-refractivity contribution in [2.75, 3.05) is 47.8 Å². The fourth-order valence-electron chi connectivity index (χ4n) is 7.20. The minimum absolute atomic E-state index is 0.00105. The number of nitrogens with one attached hydrogen (secondary N) is 1. The lowest BCUT2D eigenvalue weighted by atomic mass is 10.1. The van der Waals surface area contributed by atoms with Gasteiger partial charge in [-0.05, 0) is 57.2 Å². The van der Waals surface area contributed by atoms with E-state index in [1.807, 2.05) is 11.8 Å². The van der Waals surface area contributed by atoms with E-state index in [1.54, 1.807) is 22.6 Å². The number of alkyl halides is 3. The Morgan fingerprint density at radius 1 is 1.06 bits per heavy atom. The van der Waals surface area contributed by atoms with E-state index in [1.165, 1.54) is 6.33 Å². The maximum atomic E-state index is 14.4. The lowest BCUT2D eigenvalue weighted by molar-refractivity contribution is -0.137. The molecule has 3 aliphatic rings. The Balaban J connectivity index is 1.24. The van der Waals surface area contributed by atoms with Gasteiger partial charge in [-0.15, -0.1) is 0 Å². The number of hydrogen-bond acceptors (Lipinski definition) is 10. The minimum atomic E-state index is -4.60. The van der Waals surface area contributed by atoms with Gasteiger partial charge in [0.15, 0.2) is 22.6 Å². The highest BCUT2D eigenvalue weighted by atomic mass is 35.5. The fraction of sp³-hybridized carbons (Fsp3) is 0.441. The third-order valence-electron chi connectivity index (χ3n) is 10.0. The number of nitrogens with zero attached hydrogens (tertiary/aromatic N) is 8. The predicted molar refractivity (Wildman–Crippen MR) is 183 cm³/mol. The summed E-state index contributed by atoms with van der Waals surface area (Å²) in [4.78, 5) is 64.3. The molecule has 1 saturated carbocycles. The average Bonchev–Trinajstić information content (AvgIpc) is 3.76. The summed E-state index contributed by atoms with van der Waals surface area (Å²) in [6, 6.07) is 2.68. The number of pyridine rings is 1. The molecule has 51 heavy (non-hydrogen) atoms. The van der Waals surface area contributed by atoms with Crippen LogP contribution in [-0.4, -0.2) is 84.6 Å². The molecule has 7 rings (SSSR count). The topological polar surface area (TPSA) is 150 Å². The Morgan fingerprint density at radius 3 is 2.47 bits per heavy atom. The first-order valence-electron chi connectivity index (χ1n) is 16.7. The summed E-state index contributed by atoms with van der Waals surface area (Å²) in [6.07, 6.45) is 2.69. The zero-order valence-electron chi connectivity index (χ0n) is 27.9. The maximum absolute atomic E-state index is 14.4. The molecule has 268 valence electrons. The van der Waals surface area contributed by atoms with Crippen molar-refractivity contribution >= 4 is 51.8 Å². The van der Waals surface area contributed by atoms with Gasteiger partial charge in [-0.2, -0.15) is 13.2 Å². The summed E-state index contributed by atoms with van der Waals surface area (Å²) in [5, 5.41) is 12.7. The Kier molecular flexibility index (Phi) is 8.76. The van der Waals surface area contributed by atoms with Gasteiger partial charge in [-0.1, -0.05) is 18.5 Å². The van der Waals surface area contributed by atoms with Crippen LogP contribution in [0.3, 0.4) is 0 Å². The molecule has 1 aromatic carbocycles. The number of carbonyl (C=O) groups is 2. The number of amides is 2. The van der Waals surface area contributed by atoms with Crippen LogP contribution in [0.5, 0.6) is 5.75 Å². The van der Waals surface area contributed by atoms with Crippen LogP contribution in [0.25, 0.3) is 11.2 Å². The molecule has 5 heterocycles. The summed E-state index contributed by atoms with van der Waals surface area (Å²) in [5.41, 5.74) is 0.0319. The van der Waals surface area contributed by atoms with E-state index in [4.69, 9.17) is 21.6 Å². The lowest BCUT2D eigenvalue weighted by Crippen LogP contribution is -2.50. The molecule has 0 unspecified atom stereocenters. The van der Waals surface area contributed by atoms with Gasteiger partial charge in [0.05, 0.1) is 28.2 Å². The first kappa shape index (κ1) is 34.5. The van der Waals surface area contributed by atoms with E-state index in [0.29, 0.717) is 23.6 Å². The monoisotopic (exact) mass is 725 g/mol. The number of hydrogen-bond donors (Lipinski definition) is 2. The van der Waals surface area contributed by atoms with E-state index < -0.39 is 23.6 Å². The lowest BCUT2D eigenvalue weighted by Gasteiger charge is -2.37. The number of aryl methyl sites for hydroxylation is 1. The van der Waals surface area contributed by atoms with Crippen LogP contribution < -0.4 is 20.5 Å². The van der Waals surface area contributed by atoms with Crippen LogP contribution in [0, 0.1) is 6.92 Å². The fourth-order valence-corrected chi connectivity index (χ4v) is 7.43. The molecule has 0 radical (unpaired) electrons. The first-order chi connectivity index (χ1) is 24.3. The van der Waals surface area contributed by atoms with Crippen molar-refractivity contribution in [3.8, 4) is 5.75 Å². The molecule has 13 nitrogen and oxygen atoms in total. The van der Waals surface area contributed by atoms with Crippen LogP contribution in [-0.2, 0) is 23.9 Å². The first-order valence-corrected chi connectivity index (χ1v) is 17.1. The summed E-state index contributed by atoms with van der Waals surface area (Å²) < 4.78 is 41.3. The van der Waals surface area contributed by atoms with Crippen LogP contribution in [0.15, 0.2) is 35.5 Å². The molecule has 3 aromatic heterocycles. The molecule has 4 aromatic rings. The molecule has 2 N–H and O–H groups in total. The van der Waals surface area contributed by atoms with E-state index in [-0.39, 0.29) is 82.7 Å². The number of aromatic nitrogens is 5. The maximum Gasteiger partial charge on any atom is 0.416 e. The molecule has 0 bridgehead atoms. The number of aromatic hydroxyl groups is 1. The van der Waals surface area contributed by atoms with Gasteiger partial charge in [0, 0.05) is 44.0 Å². The highest BCUT2D eigenvalue weighted by Crippen LogP contribution is 2.50. The smallest absolute Gasteiger partial charge is 0.416 e. The summed E-state index contributed by atoms with van der Waals surface area (Å²) in [6.45, 7) is 4.84. The third kappa shape index (κ3) is 6.29. The molecule has 0 atom stereocenters. The van der Waals surface area contributed by atoms with Crippen molar-refractivity contribution in [1.82, 2.24) is 29.4 Å². The van der Waals surface area contributed by atoms with Crippen molar-refractivity contribution in [2.24, 2.45) is 0 Å². The predicted octanol–water partition coefficient (Wildman–Crippen LogP) is 4.56. The SMILES string of the molecule is CCc1c(N2CCN(C(=O)c3ncnc(C)c3O)CC2)c(=O)c2nc(N3CCCC34CC4)cnc2n1CC(=O)Nc1ccc(C(F)(F)F)cc1Cl. The van der Waals surface area contributed by atoms with E-state index in [0.717, 1.165) is 50.4 Å². The second-order valence-electron chi connectivity index (χ2n) is 13.1. The molecule has 2 saturated heterocycles. The largest absolute Gasteiger partial charge is 0.504 e. The standard InChI is InChI=1S/C34H35ClF3N9O4/c1-3-23-28(44-11-13-45(14-12-44)32(51)27-29(49)19(2)40-18-41-27)30(50)26-31(39-16-24(43-26)47-10-4-7-33(47)8-9-33)46(23)17-25(48)42-22-6-5-20(15-21(22)35)34(36,37)38/h5-6,15-16,18,49H,3-4,7-14,17H2,1-2H3,(H,42,48). The molecular weight excluding hydrogens is 691 g/mol. The Morgan fingerprint density at radius 2 is 1.80 bits per heavy atom. The zero-order chi connectivity index (χ0) is 36.2. The van der Waals surface area contributed by atoms with Crippen molar-refractivity contribution in [3.05, 3.63) is 68.6 Å². The number of carbonyl (C=O) groups excluding carboxylic acids is 2. The highest BCUT2D eigenvalue weighted by Gasteiger charge is 2.51. The van der Waals surface area contributed by atoms with Gasteiger partial charge in [0.2, 0.25) is 11.3 Å². The van der Waals surface area contributed by atoms with Crippen LogP contribution in [0.1, 0.15) is 60.0 Å². The number of piperazine rings is 1. The van der Waals surface area contributed by atoms with Gasteiger partial charge in [0.25, 0.3) is 5.91 Å². The quantitative estimate of drug-likeness (QED) is 0.278. The van der Waals surface area contributed by atoms with Crippen molar-refractivity contribution in [2.45, 2.75) is 64.2 Å². The summed E-state index contributed by atoms with van der Waals surface area (Å²) in [5.74, 6) is -0.752. The Bertz CT molecular complexity index is 2110. The number of benzene rings is 1. The second-order valence-corrected chi connectivity index (χ2v) is 13.5. The van der Waals surface area contributed by atoms with E-state index in [9.17, 15) is 32.7 Å². The summed E-state index contributed by atoms with van der Waals surface area (Å²) in [7, 11) is 0. The molecule has 17 heteroatoms. The number of halogens is 4. The van der Waals surface area contributed by atoms with Crippen molar-refractivity contribution < 1.29 is 27.9 Å². The zero-order valence-corrected chi connectivity index (χ0v) is 28.7. The Hall–Kier alpha value is -4.99. The van der Waals surface area contributed by atoms with Gasteiger partial charge in [-0.3, -0.25) is 14.4 Å². The van der Waals surface area contributed by atoms with Gasteiger partial charge in [0.1, 0.15) is 24.4 Å². The van der Waals surface area contributed by atoms with Gasteiger partial charge in [-0.25, -0.2) is 19.9 Å². The van der Waals surface area contributed by atoms with E-state index in [2.05, 4.69) is 20.2 Å². The van der Waals surface area contributed by atoms with Crippen molar-refractivity contribution in [1.29, 1.82) is 0 Å². The number of rotatable bonds is 7. The van der Waals surface area contributed by atoms with Crippen molar-refractivity contribution in [3.63, 3.8) is 0 Å². The molecule has 3 fully saturated rings. The highest BCUT2D eigenvalue weighted by molar-refractivity contribution is 6.33. The average molecular weight is 726 g/mol. The van der Waals surface area contributed by atoms with Gasteiger partial charge < -0.3 is 29.7 Å². The molecular formula is C34H35ClF3N9O4.